The van der Waals surface area contributed by atoms with Crippen LogP contribution in [0.3, 0.4) is 0 Å². The van der Waals surface area contributed by atoms with Gasteiger partial charge in [0.25, 0.3) is 0 Å². The molecule has 0 saturated carbocycles. The van der Waals surface area contributed by atoms with Gasteiger partial charge in [0.05, 0.1) is 5.92 Å². The number of amides is 1. The molecule has 2 aliphatic rings. The highest BCUT2D eigenvalue weighted by Crippen LogP contribution is 2.38. The molecule has 3 nitrogen and oxygen atoms in total. The molecule has 0 radical (unpaired) electrons. The molecular formula is C16H22N2O. The van der Waals surface area contributed by atoms with Gasteiger partial charge in [-0.3, -0.25) is 4.79 Å². The number of hydrogen-bond donors (Lipinski definition) is 1. The van der Waals surface area contributed by atoms with Gasteiger partial charge in [-0.15, -0.1) is 0 Å². The first-order valence-corrected chi connectivity index (χ1v) is 7.11. The molecule has 2 N–H and O–H groups in total. The van der Waals surface area contributed by atoms with Crippen molar-refractivity contribution in [2.75, 3.05) is 13.1 Å². The van der Waals surface area contributed by atoms with Crippen LogP contribution in [0.2, 0.25) is 0 Å². The van der Waals surface area contributed by atoms with Crippen molar-refractivity contribution in [3.05, 3.63) is 35.4 Å². The molecule has 1 amide bonds. The summed E-state index contributed by atoms with van der Waals surface area (Å²) < 4.78 is 0. The Labute approximate surface area is 114 Å². The molecule has 2 unspecified atom stereocenters. The molecule has 1 aromatic rings. The Hall–Kier alpha value is -1.35. The van der Waals surface area contributed by atoms with Gasteiger partial charge in [0, 0.05) is 19.1 Å². The summed E-state index contributed by atoms with van der Waals surface area (Å²) >= 11 is 0. The Morgan fingerprint density at radius 3 is 2.79 bits per heavy atom. The first-order chi connectivity index (χ1) is 8.99. The van der Waals surface area contributed by atoms with Gasteiger partial charge >= 0.3 is 0 Å². The summed E-state index contributed by atoms with van der Waals surface area (Å²) in [6, 6.07) is 8.47. The molecule has 1 saturated heterocycles. The first kappa shape index (κ1) is 12.7. The van der Waals surface area contributed by atoms with E-state index in [-0.39, 0.29) is 17.4 Å². The van der Waals surface area contributed by atoms with E-state index in [0.717, 1.165) is 25.9 Å². The van der Waals surface area contributed by atoms with E-state index in [1.165, 1.54) is 11.1 Å². The fraction of sp³-hybridized carbons (Fsp3) is 0.562. The lowest BCUT2D eigenvalue weighted by atomic mass is 9.75. The highest BCUT2D eigenvalue weighted by molar-refractivity contribution is 5.87. The maximum Gasteiger partial charge on any atom is 0.230 e. The van der Waals surface area contributed by atoms with Gasteiger partial charge in [-0.1, -0.05) is 38.1 Å². The zero-order valence-corrected chi connectivity index (χ0v) is 11.7. The number of piperidine rings is 1. The summed E-state index contributed by atoms with van der Waals surface area (Å²) in [6.07, 6.45) is 1.81. The van der Waals surface area contributed by atoms with Gasteiger partial charge < -0.3 is 10.6 Å². The quantitative estimate of drug-likeness (QED) is 0.836. The molecule has 0 spiro atoms. The molecule has 102 valence electrons. The molecule has 1 aliphatic heterocycles. The number of benzene rings is 1. The molecule has 1 fully saturated rings. The van der Waals surface area contributed by atoms with E-state index in [1.54, 1.807) is 0 Å². The maximum absolute atomic E-state index is 12.6. The summed E-state index contributed by atoms with van der Waals surface area (Å²) in [7, 11) is 0. The molecule has 1 aromatic carbocycles. The summed E-state index contributed by atoms with van der Waals surface area (Å²) in [5, 5.41) is 0. The first-order valence-electron chi connectivity index (χ1n) is 7.11. The number of carbonyl (C=O) groups is 1. The zero-order valence-electron chi connectivity index (χ0n) is 11.7. The summed E-state index contributed by atoms with van der Waals surface area (Å²) in [4.78, 5) is 14.6. The van der Waals surface area contributed by atoms with Crippen molar-refractivity contribution in [1.82, 2.24) is 4.90 Å². The monoisotopic (exact) mass is 258 g/mol. The normalized spacial score (nSPS) is 28.5. The number of rotatable bonds is 1. The molecule has 2 atom stereocenters. The van der Waals surface area contributed by atoms with Crippen LogP contribution in [0.5, 0.6) is 0 Å². The highest BCUT2D eigenvalue weighted by atomic mass is 16.2. The second-order valence-corrected chi connectivity index (χ2v) is 6.60. The zero-order chi connectivity index (χ0) is 13.6. The van der Waals surface area contributed by atoms with E-state index in [4.69, 9.17) is 5.73 Å². The topological polar surface area (TPSA) is 46.3 Å². The lowest BCUT2D eigenvalue weighted by Crippen LogP contribution is -2.55. The predicted octanol–water partition coefficient (Wildman–Crippen LogP) is 1.91. The molecule has 0 bridgehead atoms. The average molecular weight is 258 g/mol. The van der Waals surface area contributed by atoms with Gasteiger partial charge in [-0.05, 0) is 29.4 Å². The van der Waals surface area contributed by atoms with Crippen LogP contribution in [0, 0.1) is 5.41 Å². The average Bonchev–Trinajstić information content (AvgIpc) is 2.34. The van der Waals surface area contributed by atoms with E-state index in [2.05, 4.69) is 26.0 Å². The van der Waals surface area contributed by atoms with E-state index in [9.17, 15) is 4.79 Å². The van der Waals surface area contributed by atoms with Crippen LogP contribution in [0.4, 0.5) is 0 Å². The maximum atomic E-state index is 12.6. The minimum absolute atomic E-state index is 0.0250. The fourth-order valence-corrected chi connectivity index (χ4v) is 3.26. The third-order valence-electron chi connectivity index (χ3n) is 4.78. The van der Waals surface area contributed by atoms with Crippen molar-refractivity contribution < 1.29 is 4.79 Å². The number of carbonyl (C=O) groups excluding carboxylic acids is 1. The summed E-state index contributed by atoms with van der Waals surface area (Å²) in [5.74, 6) is 0.375. The third-order valence-corrected chi connectivity index (χ3v) is 4.78. The summed E-state index contributed by atoms with van der Waals surface area (Å²) in [6.45, 7) is 5.91. The van der Waals surface area contributed by atoms with Crippen molar-refractivity contribution in [2.45, 2.75) is 38.6 Å². The van der Waals surface area contributed by atoms with Crippen LogP contribution in [-0.4, -0.2) is 29.9 Å². The van der Waals surface area contributed by atoms with Crippen LogP contribution in [0.1, 0.15) is 37.3 Å². The Kier molecular flexibility index (Phi) is 2.90. The van der Waals surface area contributed by atoms with Crippen LogP contribution in [-0.2, 0) is 11.2 Å². The van der Waals surface area contributed by atoms with E-state index in [0.29, 0.717) is 5.91 Å². The number of likely N-dealkylation sites (tertiary alicyclic amines) is 1. The number of nitrogens with zero attached hydrogens (tertiary/aromatic N) is 1. The number of fused-ring (bicyclic) bond motifs is 1. The molecule has 3 rings (SSSR count). The molecule has 0 aromatic heterocycles. The Balaban J connectivity index is 1.73. The Morgan fingerprint density at radius 1 is 1.37 bits per heavy atom. The van der Waals surface area contributed by atoms with Crippen molar-refractivity contribution in [2.24, 2.45) is 11.1 Å². The second kappa shape index (κ2) is 4.34. The third kappa shape index (κ3) is 2.06. The smallest absolute Gasteiger partial charge is 0.230 e. The Morgan fingerprint density at radius 2 is 2.11 bits per heavy atom. The van der Waals surface area contributed by atoms with Crippen LogP contribution < -0.4 is 5.73 Å². The Bertz CT molecular complexity index is 509. The van der Waals surface area contributed by atoms with Gasteiger partial charge in [0.15, 0.2) is 0 Å². The van der Waals surface area contributed by atoms with Crippen LogP contribution >= 0.6 is 0 Å². The van der Waals surface area contributed by atoms with E-state index in [1.807, 2.05) is 17.0 Å². The number of nitrogens with two attached hydrogens (primary N) is 1. The van der Waals surface area contributed by atoms with Crippen molar-refractivity contribution in [3.63, 3.8) is 0 Å². The molecule has 1 heterocycles. The molecule has 3 heteroatoms. The van der Waals surface area contributed by atoms with Gasteiger partial charge in [-0.2, -0.15) is 0 Å². The SMILES string of the molecule is CC1(C)CN(C(=O)C2Cc3ccccc32)CCC1N. The van der Waals surface area contributed by atoms with Crippen molar-refractivity contribution in [1.29, 1.82) is 0 Å². The summed E-state index contributed by atoms with van der Waals surface area (Å²) in [5.41, 5.74) is 8.71. The lowest BCUT2D eigenvalue weighted by Gasteiger charge is -2.44. The van der Waals surface area contributed by atoms with Crippen LogP contribution in [0.25, 0.3) is 0 Å². The minimum Gasteiger partial charge on any atom is -0.342 e. The number of hydrogen-bond acceptors (Lipinski definition) is 2. The fourth-order valence-electron chi connectivity index (χ4n) is 3.26. The molecule has 1 aliphatic carbocycles. The van der Waals surface area contributed by atoms with E-state index >= 15 is 0 Å². The van der Waals surface area contributed by atoms with Crippen molar-refractivity contribution in [3.8, 4) is 0 Å². The largest absolute Gasteiger partial charge is 0.342 e. The molecule has 19 heavy (non-hydrogen) atoms. The standard InChI is InChI=1S/C16H22N2O/c1-16(2)10-18(8-7-14(16)17)15(19)13-9-11-5-3-4-6-12(11)13/h3-6,13-14H,7-10,17H2,1-2H3. The second-order valence-electron chi connectivity index (χ2n) is 6.60. The minimum atomic E-state index is 0.0250. The van der Waals surface area contributed by atoms with Crippen molar-refractivity contribution >= 4 is 5.91 Å². The van der Waals surface area contributed by atoms with Gasteiger partial charge in [0.2, 0.25) is 5.91 Å². The van der Waals surface area contributed by atoms with E-state index < -0.39 is 0 Å². The lowest BCUT2D eigenvalue weighted by molar-refractivity contribution is -0.136. The molecular weight excluding hydrogens is 236 g/mol. The van der Waals surface area contributed by atoms with Gasteiger partial charge in [-0.25, -0.2) is 0 Å². The predicted molar refractivity (Wildman–Crippen MR) is 75.8 cm³/mol. The van der Waals surface area contributed by atoms with Crippen LogP contribution in [0.15, 0.2) is 24.3 Å². The van der Waals surface area contributed by atoms with Gasteiger partial charge in [0.1, 0.15) is 0 Å². The highest BCUT2D eigenvalue weighted by Gasteiger charge is 2.40.